The minimum Gasteiger partial charge on any atom is -0.372 e. The molecule has 0 radical (unpaired) electrons. The quantitative estimate of drug-likeness (QED) is 0.373. The van der Waals surface area contributed by atoms with E-state index in [1.807, 2.05) is 32.7 Å². The minimum absolute atomic E-state index is 0.0250. The molecule has 3 aromatic rings. The summed E-state index contributed by atoms with van der Waals surface area (Å²) in [5, 5.41) is 2.39. The zero-order valence-corrected chi connectivity index (χ0v) is 24.3. The van der Waals surface area contributed by atoms with Gasteiger partial charge in [0.2, 0.25) is 5.95 Å². The van der Waals surface area contributed by atoms with Crippen molar-refractivity contribution in [2.45, 2.75) is 45.4 Å². The normalized spacial score (nSPS) is 21.4. The molecule has 0 saturated carbocycles. The van der Waals surface area contributed by atoms with E-state index in [-0.39, 0.29) is 35.2 Å². The van der Waals surface area contributed by atoms with Crippen LogP contribution >= 0.6 is 0 Å². The molecule has 3 heterocycles. The molecule has 2 aromatic carbocycles. The van der Waals surface area contributed by atoms with Crippen molar-refractivity contribution >= 4 is 23.2 Å². The molecule has 0 unspecified atom stereocenters. The SMILES string of the molecule is C[C@H]1CN(c2ncc(-c3c(F)cc(N4CCN(C)[C@@H](C)C4)c(NC(=O)c4ccc(F)cc4C(F)F)c3F)cn2)C[C@H](C)O1. The second kappa shape index (κ2) is 12.4. The molecule has 1 aromatic heterocycles. The molecule has 2 fully saturated rings. The Morgan fingerprint density at radius 2 is 1.65 bits per heavy atom. The summed E-state index contributed by atoms with van der Waals surface area (Å²) in [5.74, 6) is -3.67. The highest BCUT2D eigenvalue weighted by atomic mass is 19.3. The summed E-state index contributed by atoms with van der Waals surface area (Å²) < 4.78 is 78.9. The first-order valence-corrected chi connectivity index (χ1v) is 14.0. The second-order valence-corrected chi connectivity index (χ2v) is 11.1. The zero-order valence-electron chi connectivity index (χ0n) is 24.3. The molecule has 0 spiro atoms. The number of rotatable bonds is 6. The van der Waals surface area contributed by atoms with Crippen LogP contribution in [0.5, 0.6) is 0 Å². The third kappa shape index (κ3) is 6.42. The van der Waals surface area contributed by atoms with E-state index in [4.69, 9.17) is 4.74 Å². The number of halogens is 5. The van der Waals surface area contributed by atoms with Gasteiger partial charge in [-0.2, -0.15) is 0 Å². The first kappa shape index (κ1) is 30.6. The Balaban J connectivity index is 1.55. The molecule has 230 valence electrons. The van der Waals surface area contributed by atoms with Crippen LogP contribution in [0.25, 0.3) is 11.1 Å². The molecule has 0 bridgehead atoms. The Labute approximate surface area is 246 Å². The fourth-order valence-corrected chi connectivity index (χ4v) is 5.56. The number of ether oxygens (including phenoxy) is 1. The van der Waals surface area contributed by atoms with Gasteiger partial charge in [-0.15, -0.1) is 0 Å². The summed E-state index contributed by atoms with van der Waals surface area (Å²) >= 11 is 0. The predicted octanol–water partition coefficient (Wildman–Crippen LogP) is 5.50. The van der Waals surface area contributed by atoms with E-state index in [2.05, 4.69) is 20.2 Å². The van der Waals surface area contributed by atoms with E-state index in [0.29, 0.717) is 44.7 Å². The number of piperazine rings is 1. The smallest absolute Gasteiger partial charge is 0.264 e. The highest BCUT2D eigenvalue weighted by Crippen LogP contribution is 2.39. The van der Waals surface area contributed by atoms with Crippen LogP contribution in [0, 0.1) is 17.5 Å². The molecule has 8 nitrogen and oxygen atoms in total. The van der Waals surface area contributed by atoms with Crippen LogP contribution < -0.4 is 15.1 Å². The van der Waals surface area contributed by atoms with Gasteiger partial charge in [-0.25, -0.2) is 31.9 Å². The van der Waals surface area contributed by atoms with Crippen molar-refractivity contribution in [2.24, 2.45) is 0 Å². The maximum atomic E-state index is 16.4. The summed E-state index contributed by atoms with van der Waals surface area (Å²) in [6, 6.07) is 3.47. The average molecular weight is 605 g/mol. The molecule has 5 rings (SSSR count). The molecule has 2 aliphatic rings. The van der Waals surface area contributed by atoms with E-state index >= 15 is 8.78 Å². The summed E-state index contributed by atoms with van der Waals surface area (Å²) in [7, 11) is 1.93. The van der Waals surface area contributed by atoms with Crippen LogP contribution in [0.15, 0.2) is 36.7 Å². The predicted molar refractivity (Wildman–Crippen MR) is 153 cm³/mol. The van der Waals surface area contributed by atoms with Crippen molar-refractivity contribution < 1.29 is 31.5 Å². The Kier molecular flexibility index (Phi) is 8.84. The number of amides is 1. The molecular formula is C30H33F5N6O2. The van der Waals surface area contributed by atoms with Crippen LogP contribution in [0.1, 0.15) is 43.1 Å². The van der Waals surface area contributed by atoms with Gasteiger partial charge < -0.3 is 24.8 Å². The lowest BCUT2D eigenvalue weighted by molar-refractivity contribution is -0.00572. The molecular weight excluding hydrogens is 571 g/mol. The number of carbonyl (C=O) groups is 1. The molecule has 1 N–H and O–H groups in total. The van der Waals surface area contributed by atoms with Gasteiger partial charge in [0, 0.05) is 73.9 Å². The fourth-order valence-electron chi connectivity index (χ4n) is 5.56. The third-order valence-corrected chi connectivity index (χ3v) is 7.86. The lowest BCUT2D eigenvalue weighted by Gasteiger charge is -2.39. The van der Waals surface area contributed by atoms with Gasteiger partial charge in [-0.3, -0.25) is 4.79 Å². The third-order valence-electron chi connectivity index (χ3n) is 7.86. The second-order valence-electron chi connectivity index (χ2n) is 11.1. The largest absolute Gasteiger partial charge is 0.372 e. The van der Waals surface area contributed by atoms with Crippen LogP contribution in [-0.4, -0.2) is 78.8 Å². The highest BCUT2D eigenvalue weighted by Gasteiger charge is 2.30. The van der Waals surface area contributed by atoms with E-state index < -0.39 is 46.5 Å². The van der Waals surface area contributed by atoms with Crippen molar-refractivity contribution in [3.05, 3.63) is 65.2 Å². The number of alkyl halides is 2. The summed E-state index contributed by atoms with van der Waals surface area (Å²) in [4.78, 5) is 27.7. The number of benzene rings is 2. The number of nitrogens with one attached hydrogen (secondary N) is 1. The summed E-state index contributed by atoms with van der Waals surface area (Å²) in [6.45, 7) is 8.27. The molecule has 43 heavy (non-hydrogen) atoms. The summed E-state index contributed by atoms with van der Waals surface area (Å²) in [5.41, 5.74) is -2.16. The number of likely N-dealkylation sites (N-methyl/N-ethyl adjacent to an activating group) is 1. The number of anilines is 3. The first-order valence-electron chi connectivity index (χ1n) is 14.0. The van der Waals surface area contributed by atoms with Gasteiger partial charge in [0.25, 0.3) is 12.3 Å². The zero-order chi connectivity index (χ0) is 31.0. The van der Waals surface area contributed by atoms with Crippen molar-refractivity contribution in [1.82, 2.24) is 14.9 Å². The summed E-state index contributed by atoms with van der Waals surface area (Å²) in [6.07, 6.45) is -0.662. The van der Waals surface area contributed by atoms with Crippen molar-refractivity contribution in [2.75, 3.05) is 54.9 Å². The topological polar surface area (TPSA) is 73.8 Å². The number of morpholine rings is 1. The van der Waals surface area contributed by atoms with Crippen LogP contribution in [0.3, 0.4) is 0 Å². The van der Waals surface area contributed by atoms with E-state index in [9.17, 15) is 18.0 Å². The fraction of sp³-hybridized carbons (Fsp3) is 0.433. The lowest BCUT2D eigenvalue weighted by atomic mass is 10.0. The number of aromatic nitrogens is 2. The Morgan fingerprint density at radius 1 is 0.977 bits per heavy atom. The lowest BCUT2D eigenvalue weighted by Crippen LogP contribution is -2.50. The molecule has 13 heteroatoms. The van der Waals surface area contributed by atoms with Gasteiger partial charge in [0.05, 0.1) is 23.5 Å². The molecule has 3 atom stereocenters. The average Bonchev–Trinajstić information content (AvgIpc) is 2.95. The van der Waals surface area contributed by atoms with Crippen LogP contribution in [0.4, 0.5) is 39.3 Å². The molecule has 0 aliphatic carbocycles. The Morgan fingerprint density at radius 3 is 2.28 bits per heavy atom. The van der Waals surface area contributed by atoms with Crippen molar-refractivity contribution in [3.8, 4) is 11.1 Å². The number of hydrogen-bond donors (Lipinski definition) is 1. The van der Waals surface area contributed by atoms with Gasteiger partial charge in [-0.05, 0) is 46.0 Å². The number of hydrogen-bond acceptors (Lipinski definition) is 7. The number of carbonyl (C=O) groups excluding carboxylic acids is 1. The number of nitrogens with zero attached hydrogens (tertiary/aromatic N) is 5. The van der Waals surface area contributed by atoms with Crippen molar-refractivity contribution in [3.63, 3.8) is 0 Å². The maximum Gasteiger partial charge on any atom is 0.264 e. The van der Waals surface area contributed by atoms with Crippen LogP contribution in [0.2, 0.25) is 0 Å². The minimum atomic E-state index is -3.16. The highest BCUT2D eigenvalue weighted by molar-refractivity contribution is 6.07. The van der Waals surface area contributed by atoms with E-state index in [0.717, 1.165) is 18.2 Å². The monoisotopic (exact) mass is 604 g/mol. The molecule has 1 amide bonds. The van der Waals surface area contributed by atoms with Crippen molar-refractivity contribution in [1.29, 1.82) is 0 Å². The van der Waals surface area contributed by atoms with Gasteiger partial charge in [-0.1, -0.05) is 0 Å². The van der Waals surface area contributed by atoms with Gasteiger partial charge >= 0.3 is 0 Å². The molecule has 2 saturated heterocycles. The van der Waals surface area contributed by atoms with E-state index in [1.54, 1.807) is 4.90 Å². The van der Waals surface area contributed by atoms with E-state index in [1.165, 1.54) is 12.4 Å². The first-order chi connectivity index (χ1) is 20.4. The Hall–Kier alpha value is -3.84. The van der Waals surface area contributed by atoms with Gasteiger partial charge in [0.15, 0.2) is 5.82 Å². The van der Waals surface area contributed by atoms with Gasteiger partial charge in [0.1, 0.15) is 17.3 Å². The van der Waals surface area contributed by atoms with Crippen LogP contribution in [-0.2, 0) is 4.74 Å². The Bertz CT molecular complexity index is 1480. The standard InChI is InChI=1S/C30H33F5N6O2/c1-16-13-40(8-7-39(16)4)24-10-23(32)25(19-11-36-30(37-12-19)41-14-17(2)43-18(3)15-41)26(33)27(24)38-29(42)21-6-5-20(31)9-22(21)28(34)35/h5-6,9-12,16-18,28H,7-8,13-15H2,1-4H3,(H,38,42)/t16-,17-,18-/m0/s1. The molecule has 2 aliphatic heterocycles. The maximum absolute atomic E-state index is 16.4.